The van der Waals surface area contributed by atoms with Gasteiger partial charge in [-0.15, -0.1) is 0 Å². The zero-order valence-corrected chi connectivity index (χ0v) is 16.8. The third-order valence-corrected chi connectivity index (χ3v) is 6.32. The molecule has 5 heterocycles. The lowest BCUT2D eigenvalue weighted by molar-refractivity contribution is -0.119. The molecule has 1 aliphatic carbocycles. The van der Waals surface area contributed by atoms with Gasteiger partial charge in [-0.05, 0) is 25.8 Å². The third-order valence-electron chi connectivity index (χ3n) is 6.32. The summed E-state index contributed by atoms with van der Waals surface area (Å²) in [5.41, 5.74) is 3.53. The van der Waals surface area contributed by atoms with Gasteiger partial charge in [-0.1, -0.05) is 0 Å². The molecule has 3 aromatic heterocycles. The first-order chi connectivity index (χ1) is 14.7. The van der Waals surface area contributed by atoms with Gasteiger partial charge in [0.25, 0.3) is 0 Å². The Morgan fingerprint density at radius 1 is 1.30 bits per heavy atom. The minimum Gasteiger partial charge on any atom is -0.473 e. The monoisotopic (exact) mass is 408 g/mol. The largest absolute Gasteiger partial charge is 0.473 e. The Balaban J connectivity index is 1.38. The maximum atomic E-state index is 11.6. The van der Waals surface area contributed by atoms with Crippen LogP contribution in [0.1, 0.15) is 38.3 Å². The van der Waals surface area contributed by atoms with Crippen LogP contribution in [0.4, 0.5) is 0 Å². The van der Waals surface area contributed by atoms with Gasteiger partial charge in [0.15, 0.2) is 0 Å². The molecular formula is C21H24N6O3. The smallest absolute Gasteiger partial charge is 0.241 e. The quantitative estimate of drug-likeness (QED) is 0.671. The van der Waals surface area contributed by atoms with Crippen LogP contribution >= 0.6 is 0 Å². The molecule has 1 amide bonds. The SMILES string of the molecule is C[C@@H](Oc1nc(-c2cnn(C3COC3)c2)cc2ncn(C3CC3)c12)[C@H]1CNC(=O)C1. The van der Waals surface area contributed by atoms with E-state index in [9.17, 15) is 4.79 Å². The first-order valence-electron chi connectivity index (χ1n) is 10.6. The number of rotatable bonds is 6. The number of hydrogen-bond donors (Lipinski definition) is 1. The Hall–Kier alpha value is -2.94. The number of nitrogens with one attached hydrogen (secondary N) is 1. The Kier molecular flexibility index (Phi) is 4.05. The second kappa shape index (κ2) is 6.80. The zero-order chi connectivity index (χ0) is 20.2. The molecule has 0 radical (unpaired) electrons. The average Bonchev–Trinajstić information content (AvgIpc) is 3.08. The van der Waals surface area contributed by atoms with E-state index in [0.717, 1.165) is 35.1 Å². The lowest BCUT2D eigenvalue weighted by Crippen LogP contribution is -2.30. The molecule has 0 bridgehead atoms. The van der Waals surface area contributed by atoms with E-state index < -0.39 is 0 Å². The predicted octanol–water partition coefficient (Wildman–Crippen LogP) is 2.10. The molecule has 0 spiro atoms. The standard InChI is InChI=1S/C21H24N6O3/c1-12(13-4-19(28)22-6-13)30-21-20-18(23-11-26(20)15-2-3-15)5-17(25-21)14-7-24-27(8-14)16-9-29-10-16/h5,7-8,11-13,15-16H,2-4,6,9-10H2,1H3,(H,22,28)/t12-,13-/m1/s1. The van der Waals surface area contributed by atoms with Crippen LogP contribution < -0.4 is 10.1 Å². The normalized spacial score (nSPS) is 22.8. The molecule has 2 saturated heterocycles. The first kappa shape index (κ1) is 17.9. The number of carbonyl (C=O) groups is 1. The number of nitrogens with zero attached hydrogens (tertiary/aromatic N) is 5. The molecule has 9 heteroatoms. The Morgan fingerprint density at radius 3 is 2.87 bits per heavy atom. The van der Waals surface area contributed by atoms with E-state index in [0.29, 0.717) is 44.1 Å². The van der Waals surface area contributed by atoms with Crippen LogP contribution in [-0.2, 0) is 9.53 Å². The average molecular weight is 408 g/mol. The molecule has 2 atom stereocenters. The summed E-state index contributed by atoms with van der Waals surface area (Å²) in [5, 5.41) is 7.38. The van der Waals surface area contributed by atoms with Crippen molar-refractivity contribution in [1.29, 1.82) is 0 Å². The van der Waals surface area contributed by atoms with E-state index in [4.69, 9.17) is 14.5 Å². The van der Waals surface area contributed by atoms with Gasteiger partial charge < -0.3 is 19.4 Å². The molecule has 30 heavy (non-hydrogen) atoms. The minimum atomic E-state index is -0.132. The maximum absolute atomic E-state index is 11.6. The maximum Gasteiger partial charge on any atom is 0.241 e. The highest BCUT2D eigenvalue weighted by Crippen LogP contribution is 2.40. The summed E-state index contributed by atoms with van der Waals surface area (Å²) in [4.78, 5) is 21.2. The van der Waals surface area contributed by atoms with Crippen molar-refractivity contribution in [3.63, 3.8) is 0 Å². The molecular weight excluding hydrogens is 384 g/mol. The Morgan fingerprint density at radius 2 is 2.17 bits per heavy atom. The summed E-state index contributed by atoms with van der Waals surface area (Å²) in [6.45, 7) is 4.04. The van der Waals surface area contributed by atoms with Gasteiger partial charge in [-0.3, -0.25) is 9.48 Å². The van der Waals surface area contributed by atoms with Crippen molar-refractivity contribution in [2.45, 2.75) is 44.4 Å². The molecule has 156 valence electrons. The molecule has 0 aromatic carbocycles. The van der Waals surface area contributed by atoms with E-state index in [1.165, 1.54) is 0 Å². The molecule has 3 fully saturated rings. The minimum absolute atomic E-state index is 0.0812. The predicted molar refractivity (Wildman–Crippen MR) is 108 cm³/mol. The molecule has 2 aliphatic heterocycles. The van der Waals surface area contributed by atoms with Gasteiger partial charge in [-0.2, -0.15) is 5.10 Å². The van der Waals surface area contributed by atoms with Crippen molar-refractivity contribution in [2.24, 2.45) is 5.92 Å². The molecule has 0 unspecified atom stereocenters. The molecule has 1 N–H and O–H groups in total. The first-order valence-corrected chi connectivity index (χ1v) is 10.6. The number of hydrogen-bond acceptors (Lipinski definition) is 6. The van der Waals surface area contributed by atoms with Crippen LogP contribution in [0, 0.1) is 5.92 Å². The lowest BCUT2D eigenvalue weighted by Gasteiger charge is -2.25. The Labute approximate surface area is 173 Å². The molecule has 3 aliphatic rings. The fourth-order valence-electron chi connectivity index (χ4n) is 4.16. The van der Waals surface area contributed by atoms with Crippen LogP contribution in [-0.4, -0.2) is 56.1 Å². The summed E-state index contributed by atoms with van der Waals surface area (Å²) in [7, 11) is 0. The van der Waals surface area contributed by atoms with Crippen LogP contribution in [0.5, 0.6) is 5.88 Å². The van der Waals surface area contributed by atoms with Gasteiger partial charge in [0.05, 0.1) is 43.0 Å². The second-order valence-electron chi connectivity index (χ2n) is 8.55. The van der Waals surface area contributed by atoms with E-state index >= 15 is 0 Å². The van der Waals surface area contributed by atoms with E-state index in [2.05, 4.69) is 20.0 Å². The van der Waals surface area contributed by atoms with Crippen LogP contribution in [0.2, 0.25) is 0 Å². The summed E-state index contributed by atoms with van der Waals surface area (Å²) >= 11 is 0. The number of pyridine rings is 1. The van der Waals surface area contributed by atoms with Crippen molar-refractivity contribution in [3.8, 4) is 17.1 Å². The fraction of sp³-hybridized carbons (Fsp3) is 0.524. The fourth-order valence-corrected chi connectivity index (χ4v) is 4.16. The summed E-state index contributed by atoms with van der Waals surface area (Å²) in [6, 6.07) is 2.77. The van der Waals surface area contributed by atoms with Crippen LogP contribution in [0.15, 0.2) is 24.8 Å². The van der Waals surface area contributed by atoms with E-state index in [1.54, 1.807) is 0 Å². The summed E-state index contributed by atoms with van der Waals surface area (Å²) < 4.78 is 15.8. The number of ether oxygens (including phenoxy) is 2. The van der Waals surface area contributed by atoms with E-state index in [1.807, 2.05) is 36.4 Å². The number of amides is 1. The van der Waals surface area contributed by atoms with E-state index in [-0.39, 0.29) is 17.9 Å². The van der Waals surface area contributed by atoms with Gasteiger partial charge in [0.2, 0.25) is 11.8 Å². The highest BCUT2D eigenvalue weighted by molar-refractivity contribution is 5.84. The van der Waals surface area contributed by atoms with Gasteiger partial charge in [0.1, 0.15) is 11.6 Å². The molecule has 9 nitrogen and oxygen atoms in total. The van der Waals surface area contributed by atoms with Crippen LogP contribution in [0.3, 0.4) is 0 Å². The highest BCUT2D eigenvalue weighted by Gasteiger charge is 2.31. The number of fused-ring (bicyclic) bond motifs is 1. The lowest BCUT2D eigenvalue weighted by atomic mass is 10.0. The second-order valence-corrected chi connectivity index (χ2v) is 8.55. The van der Waals surface area contributed by atoms with Crippen molar-refractivity contribution in [2.75, 3.05) is 19.8 Å². The third kappa shape index (κ3) is 3.04. The summed E-state index contributed by atoms with van der Waals surface area (Å²) in [5.74, 6) is 0.799. The van der Waals surface area contributed by atoms with Gasteiger partial charge >= 0.3 is 0 Å². The molecule has 6 rings (SSSR count). The van der Waals surface area contributed by atoms with Gasteiger partial charge in [-0.25, -0.2) is 9.97 Å². The van der Waals surface area contributed by atoms with Crippen molar-refractivity contribution < 1.29 is 14.3 Å². The van der Waals surface area contributed by atoms with Gasteiger partial charge in [0, 0.05) is 36.7 Å². The zero-order valence-electron chi connectivity index (χ0n) is 16.8. The Bertz CT molecular complexity index is 1110. The van der Waals surface area contributed by atoms with Crippen molar-refractivity contribution in [1.82, 2.24) is 29.6 Å². The summed E-state index contributed by atoms with van der Waals surface area (Å²) in [6.07, 6.45) is 8.39. The number of imidazole rings is 1. The van der Waals surface area contributed by atoms with Crippen molar-refractivity contribution in [3.05, 3.63) is 24.8 Å². The molecule has 3 aromatic rings. The topological polar surface area (TPSA) is 96.1 Å². The highest BCUT2D eigenvalue weighted by atomic mass is 16.5. The number of aromatic nitrogens is 5. The van der Waals surface area contributed by atoms with Crippen molar-refractivity contribution >= 4 is 16.9 Å². The van der Waals surface area contributed by atoms with Crippen LogP contribution in [0.25, 0.3) is 22.3 Å². The number of carbonyl (C=O) groups excluding carboxylic acids is 1. The molecule has 1 saturated carbocycles.